The standard InChI is InChI=1S/C22H13BrClNO6/c1-28-18-7-5-14(24)11-15(18)20-25-16(21(26)31-20)10-12-9-13(23)4-6-17(12)30-22(27)19-3-2-8-29-19/h2-11H,1H3/b16-10-. The summed E-state index contributed by atoms with van der Waals surface area (Å²) >= 11 is 9.43. The Morgan fingerprint density at radius 3 is 2.71 bits per heavy atom. The molecule has 0 saturated heterocycles. The Hall–Kier alpha value is -3.36. The van der Waals surface area contributed by atoms with Crippen LogP contribution in [0.3, 0.4) is 0 Å². The van der Waals surface area contributed by atoms with Crippen molar-refractivity contribution in [3.63, 3.8) is 0 Å². The number of hydrogen-bond donors (Lipinski definition) is 0. The molecular formula is C22H13BrClNO6. The van der Waals surface area contributed by atoms with Crippen molar-refractivity contribution in [2.75, 3.05) is 7.11 Å². The molecule has 9 heteroatoms. The van der Waals surface area contributed by atoms with Crippen molar-refractivity contribution >= 4 is 51.4 Å². The van der Waals surface area contributed by atoms with E-state index < -0.39 is 11.9 Å². The molecule has 0 radical (unpaired) electrons. The van der Waals surface area contributed by atoms with E-state index in [1.165, 1.54) is 25.5 Å². The Morgan fingerprint density at radius 2 is 1.97 bits per heavy atom. The average Bonchev–Trinajstić information content (AvgIpc) is 3.40. The van der Waals surface area contributed by atoms with Crippen LogP contribution in [0.15, 0.2) is 74.4 Å². The normalized spacial score (nSPS) is 14.4. The summed E-state index contributed by atoms with van der Waals surface area (Å²) in [5.74, 6) is -0.564. The fraction of sp³-hybridized carbons (Fsp3) is 0.0455. The number of ether oxygens (including phenoxy) is 3. The second-order valence-corrected chi connectivity index (χ2v) is 7.58. The number of cyclic esters (lactones) is 1. The van der Waals surface area contributed by atoms with Crippen LogP contribution in [0.1, 0.15) is 21.7 Å². The van der Waals surface area contributed by atoms with Gasteiger partial charge in [0, 0.05) is 15.1 Å². The van der Waals surface area contributed by atoms with Crippen molar-refractivity contribution in [3.05, 3.63) is 86.9 Å². The number of aliphatic imine (C=N–C) groups is 1. The van der Waals surface area contributed by atoms with E-state index in [1.54, 1.807) is 42.5 Å². The number of methoxy groups -OCH3 is 1. The molecule has 0 unspecified atom stereocenters. The summed E-state index contributed by atoms with van der Waals surface area (Å²) < 4.78 is 21.8. The second kappa shape index (κ2) is 8.79. The summed E-state index contributed by atoms with van der Waals surface area (Å²) in [7, 11) is 1.49. The van der Waals surface area contributed by atoms with Crippen LogP contribution in [-0.4, -0.2) is 24.9 Å². The van der Waals surface area contributed by atoms with Gasteiger partial charge < -0.3 is 18.6 Å². The summed E-state index contributed by atoms with van der Waals surface area (Å²) in [6.45, 7) is 0. The Labute approximate surface area is 190 Å². The van der Waals surface area contributed by atoms with Crippen LogP contribution < -0.4 is 9.47 Å². The first-order chi connectivity index (χ1) is 14.9. The smallest absolute Gasteiger partial charge is 0.379 e. The zero-order valence-corrected chi connectivity index (χ0v) is 18.3. The van der Waals surface area contributed by atoms with Crippen LogP contribution in [0, 0.1) is 0 Å². The van der Waals surface area contributed by atoms with E-state index >= 15 is 0 Å². The van der Waals surface area contributed by atoms with Crippen molar-refractivity contribution in [2.45, 2.75) is 0 Å². The molecule has 2 heterocycles. The predicted octanol–water partition coefficient (Wildman–Crippen LogP) is 5.27. The number of rotatable bonds is 5. The highest BCUT2D eigenvalue weighted by atomic mass is 79.9. The van der Waals surface area contributed by atoms with E-state index in [1.807, 2.05) is 0 Å². The van der Waals surface area contributed by atoms with Crippen LogP contribution in [0.25, 0.3) is 6.08 Å². The molecule has 1 aromatic heterocycles. The quantitative estimate of drug-likeness (QED) is 0.268. The third-order valence-corrected chi connectivity index (χ3v) is 4.93. The predicted molar refractivity (Wildman–Crippen MR) is 116 cm³/mol. The Morgan fingerprint density at radius 1 is 1.16 bits per heavy atom. The van der Waals surface area contributed by atoms with E-state index in [2.05, 4.69) is 20.9 Å². The third kappa shape index (κ3) is 4.55. The molecule has 156 valence electrons. The van der Waals surface area contributed by atoms with Crippen molar-refractivity contribution in [3.8, 4) is 11.5 Å². The molecule has 0 spiro atoms. The first-order valence-electron chi connectivity index (χ1n) is 8.86. The van der Waals surface area contributed by atoms with E-state index in [0.29, 0.717) is 26.4 Å². The summed E-state index contributed by atoms with van der Waals surface area (Å²) in [5, 5.41) is 0.436. The van der Waals surface area contributed by atoms with Gasteiger partial charge in [-0.25, -0.2) is 14.6 Å². The van der Waals surface area contributed by atoms with Crippen molar-refractivity contribution in [2.24, 2.45) is 4.99 Å². The van der Waals surface area contributed by atoms with E-state index in [9.17, 15) is 9.59 Å². The van der Waals surface area contributed by atoms with Gasteiger partial charge in [-0.1, -0.05) is 27.5 Å². The SMILES string of the molecule is COc1ccc(Cl)cc1C1=N/C(=C\c2cc(Br)ccc2OC(=O)c2ccco2)C(=O)O1. The molecule has 0 bridgehead atoms. The van der Waals surface area contributed by atoms with Gasteiger partial charge in [-0.3, -0.25) is 0 Å². The topological polar surface area (TPSA) is 87.3 Å². The lowest BCUT2D eigenvalue weighted by Crippen LogP contribution is -2.08. The molecule has 0 amide bonds. The number of carbonyl (C=O) groups excluding carboxylic acids is 2. The summed E-state index contributed by atoms with van der Waals surface area (Å²) in [4.78, 5) is 29.0. The maximum Gasteiger partial charge on any atom is 0.379 e. The average molecular weight is 503 g/mol. The van der Waals surface area contributed by atoms with Gasteiger partial charge >= 0.3 is 11.9 Å². The summed E-state index contributed by atoms with van der Waals surface area (Å²) in [6, 6.07) is 12.9. The number of esters is 2. The van der Waals surface area contributed by atoms with Crippen LogP contribution in [0.5, 0.6) is 11.5 Å². The molecule has 0 fully saturated rings. The Bertz CT molecular complexity index is 1230. The van der Waals surface area contributed by atoms with E-state index in [-0.39, 0.29) is 23.1 Å². The molecule has 31 heavy (non-hydrogen) atoms. The highest BCUT2D eigenvalue weighted by molar-refractivity contribution is 9.10. The van der Waals surface area contributed by atoms with Gasteiger partial charge in [0.15, 0.2) is 5.70 Å². The lowest BCUT2D eigenvalue weighted by molar-refractivity contribution is -0.129. The molecule has 1 aliphatic rings. The molecule has 0 aliphatic carbocycles. The zero-order chi connectivity index (χ0) is 22.0. The van der Waals surface area contributed by atoms with Crippen molar-refractivity contribution in [1.29, 1.82) is 0 Å². The number of hydrogen-bond acceptors (Lipinski definition) is 7. The van der Waals surface area contributed by atoms with Crippen LogP contribution >= 0.6 is 27.5 Å². The Balaban J connectivity index is 1.70. The minimum absolute atomic E-state index is 0.0189. The molecule has 1 aliphatic heterocycles. The fourth-order valence-electron chi connectivity index (χ4n) is 2.79. The molecular weight excluding hydrogens is 490 g/mol. The van der Waals surface area contributed by atoms with Gasteiger partial charge in [-0.2, -0.15) is 0 Å². The zero-order valence-electron chi connectivity index (χ0n) is 15.9. The molecule has 0 N–H and O–H groups in total. The highest BCUT2D eigenvalue weighted by Crippen LogP contribution is 2.30. The minimum Gasteiger partial charge on any atom is -0.496 e. The molecule has 0 atom stereocenters. The van der Waals surface area contributed by atoms with Gasteiger partial charge in [0.05, 0.1) is 18.9 Å². The maximum atomic E-state index is 12.4. The fourth-order valence-corrected chi connectivity index (χ4v) is 3.34. The first kappa shape index (κ1) is 20.9. The maximum absolute atomic E-state index is 12.4. The lowest BCUT2D eigenvalue weighted by Gasteiger charge is -2.07. The van der Waals surface area contributed by atoms with Gasteiger partial charge in [0.1, 0.15) is 11.5 Å². The summed E-state index contributed by atoms with van der Waals surface area (Å²) in [6.07, 6.45) is 2.83. The number of halogens is 2. The van der Waals surface area contributed by atoms with Crippen LogP contribution in [0.4, 0.5) is 0 Å². The number of benzene rings is 2. The number of carbonyl (C=O) groups is 2. The van der Waals surface area contributed by atoms with Gasteiger partial charge in [0.25, 0.3) is 0 Å². The van der Waals surface area contributed by atoms with Gasteiger partial charge in [-0.15, -0.1) is 0 Å². The summed E-state index contributed by atoms with van der Waals surface area (Å²) in [5.41, 5.74) is 0.889. The van der Waals surface area contributed by atoms with Crippen LogP contribution in [-0.2, 0) is 9.53 Å². The van der Waals surface area contributed by atoms with E-state index in [4.69, 9.17) is 30.2 Å². The first-order valence-corrected chi connectivity index (χ1v) is 10.0. The molecule has 7 nitrogen and oxygen atoms in total. The van der Waals surface area contributed by atoms with Crippen molar-refractivity contribution in [1.82, 2.24) is 0 Å². The number of nitrogens with zero attached hydrogens (tertiary/aromatic N) is 1. The minimum atomic E-state index is -0.672. The van der Waals surface area contributed by atoms with Gasteiger partial charge in [0.2, 0.25) is 11.7 Å². The van der Waals surface area contributed by atoms with E-state index in [0.717, 1.165) is 0 Å². The third-order valence-electron chi connectivity index (χ3n) is 4.20. The molecule has 0 saturated carbocycles. The number of furan rings is 1. The highest BCUT2D eigenvalue weighted by Gasteiger charge is 2.27. The van der Waals surface area contributed by atoms with Gasteiger partial charge in [-0.05, 0) is 54.6 Å². The Kier molecular flexibility index (Phi) is 5.92. The van der Waals surface area contributed by atoms with Crippen molar-refractivity contribution < 1.29 is 28.2 Å². The molecule has 3 aromatic rings. The monoisotopic (exact) mass is 501 g/mol. The second-order valence-electron chi connectivity index (χ2n) is 6.23. The lowest BCUT2D eigenvalue weighted by atomic mass is 10.1. The van der Waals surface area contributed by atoms with Crippen LogP contribution in [0.2, 0.25) is 5.02 Å². The largest absolute Gasteiger partial charge is 0.496 e. The molecule has 4 rings (SSSR count). The molecule has 2 aromatic carbocycles.